The normalized spacial score (nSPS) is 13.0. The van der Waals surface area contributed by atoms with Gasteiger partial charge in [0.15, 0.2) is 5.78 Å². The topological polar surface area (TPSA) is 91.9 Å². The van der Waals surface area contributed by atoms with Crippen LogP contribution >= 0.6 is 0 Å². The van der Waals surface area contributed by atoms with Gasteiger partial charge in [-0.1, -0.05) is 19.1 Å². The Balaban J connectivity index is 2.23. The Morgan fingerprint density at radius 1 is 1.33 bits per heavy atom. The SMILES string of the molecule is CCC(NS(=O)(=O)c1ccc(C(C)=O)cc1)c1ncc[nH]1. The number of carbonyl (C=O) groups is 1. The van der Waals surface area contributed by atoms with Crippen molar-refractivity contribution < 1.29 is 13.2 Å². The molecule has 1 aromatic carbocycles. The first-order valence-electron chi connectivity index (χ1n) is 6.56. The summed E-state index contributed by atoms with van der Waals surface area (Å²) in [6, 6.07) is 5.44. The molecule has 2 N–H and O–H groups in total. The molecule has 112 valence electrons. The standard InChI is InChI=1S/C14H17N3O3S/c1-3-13(14-15-8-9-16-14)17-21(19,20)12-6-4-11(5-7-12)10(2)18/h4-9,13,17H,3H2,1-2H3,(H,15,16). The fourth-order valence-corrected chi connectivity index (χ4v) is 3.21. The summed E-state index contributed by atoms with van der Waals surface area (Å²) in [5.41, 5.74) is 0.479. The molecule has 0 amide bonds. The van der Waals surface area contributed by atoms with Crippen molar-refractivity contribution >= 4 is 15.8 Å². The number of hydrogen-bond donors (Lipinski definition) is 2. The van der Waals surface area contributed by atoms with E-state index in [1.807, 2.05) is 6.92 Å². The Kier molecular flexibility index (Phi) is 4.54. The van der Waals surface area contributed by atoms with Crippen LogP contribution in [0.1, 0.15) is 42.5 Å². The van der Waals surface area contributed by atoms with Gasteiger partial charge in [0.05, 0.1) is 10.9 Å². The molecule has 0 aliphatic rings. The molecule has 1 unspecified atom stereocenters. The number of nitrogens with zero attached hydrogens (tertiary/aromatic N) is 1. The highest BCUT2D eigenvalue weighted by Gasteiger charge is 2.21. The molecule has 1 heterocycles. The monoisotopic (exact) mass is 307 g/mol. The molecule has 0 bridgehead atoms. The highest BCUT2D eigenvalue weighted by Crippen LogP contribution is 2.17. The maximum Gasteiger partial charge on any atom is 0.241 e. The van der Waals surface area contributed by atoms with Crippen molar-refractivity contribution in [2.24, 2.45) is 0 Å². The van der Waals surface area contributed by atoms with Gasteiger partial charge in [0.25, 0.3) is 0 Å². The summed E-state index contributed by atoms with van der Waals surface area (Å²) in [7, 11) is -3.66. The molecule has 2 aromatic rings. The van der Waals surface area contributed by atoms with Crippen LogP contribution in [-0.2, 0) is 10.0 Å². The van der Waals surface area contributed by atoms with E-state index in [0.717, 1.165) is 0 Å². The summed E-state index contributed by atoms with van der Waals surface area (Å²) in [6.07, 6.45) is 3.79. The van der Waals surface area contributed by atoms with Crippen molar-refractivity contribution in [3.63, 3.8) is 0 Å². The number of carbonyl (C=O) groups excluding carboxylic acids is 1. The number of H-pyrrole nitrogens is 1. The number of sulfonamides is 1. The minimum Gasteiger partial charge on any atom is -0.347 e. The van der Waals surface area contributed by atoms with Crippen LogP contribution in [0.3, 0.4) is 0 Å². The Hall–Kier alpha value is -1.99. The minimum absolute atomic E-state index is 0.103. The summed E-state index contributed by atoms with van der Waals surface area (Å²) in [5, 5.41) is 0. The van der Waals surface area contributed by atoms with Crippen LogP contribution in [-0.4, -0.2) is 24.2 Å². The van der Waals surface area contributed by atoms with Gasteiger partial charge in [0.2, 0.25) is 10.0 Å². The second-order valence-corrected chi connectivity index (χ2v) is 6.35. The van der Waals surface area contributed by atoms with E-state index in [9.17, 15) is 13.2 Å². The maximum absolute atomic E-state index is 12.3. The lowest BCUT2D eigenvalue weighted by atomic mass is 10.2. The smallest absolute Gasteiger partial charge is 0.241 e. The van der Waals surface area contributed by atoms with Crippen molar-refractivity contribution in [1.29, 1.82) is 0 Å². The molecular formula is C14H17N3O3S. The summed E-state index contributed by atoms with van der Waals surface area (Å²) in [5.74, 6) is 0.468. The Morgan fingerprint density at radius 2 is 2.00 bits per heavy atom. The molecule has 0 saturated heterocycles. The van der Waals surface area contributed by atoms with E-state index in [1.165, 1.54) is 31.2 Å². The van der Waals surface area contributed by atoms with E-state index in [2.05, 4.69) is 14.7 Å². The molecule has 0 spiro atoms. The van der Waals surface area contributed by atoms with E-state index in [1.54, 1.807) is 12.4 Å². The molecule has 1 aromatic heterocycles. The van der Waals surface area contributed by atoms with Gasteiger partial charge in [-0.25, -0.2) is 18.1 Å². The quantitative estimate of drug-likeness (QED) is 0.799. The summed E-state index contributed by atoms with van der Waals surface area (Å²) < 4.78 is 27.3. The number of ketones is 1. The minimum atomic E-state index is -3.66. The van der Waals surface area contributed by atoms with Gasteiger partial charge < -0.3 is 4.98 Å². The van der Waals surface area contributed by atoms with E-state index in [-0.39, 0.29) is 10.7 Å². The number of nitrogens with one attached hydrogen (secondary N) is 2. The molecule has 6 nitrogen and oxygen atoms in total. The predicted molar refractivity (Wildman–Crippen MR) is 78.4 cm³/mol. The first-order chi connectivity index (χ1) is 9.94. The molecule has 0 aliphatic carbocycles. The van der Waals surface area contributed by atoms with E-state index >= 15 is 0 Å². The fourth-order valence-electron chi connectivity index (χ4n) is 1.92. The van der Waals surface area contributed by atoms with Gasteiger partial charge in [-0.05, 0) is 25.5 Å². The molecule has 1 atom stereocenters. The lowest BCUT2D eigenvalue weighted by Gasteiger charge is -2.15. The molecule has 7 heteroatoms. The summed E-state index contributed by atoms with van der Waals surface area (Å²) in [4.78, 5) is 18.3. The third-order valence-corrected chi connectivity index (χ3v) is 4.61. The van der Waals surface area contributed by atoms with Gasteiger partial charge in [-0.15, -0.1) is 0 Å². The van der Waals surface area contributed by atoms with Crippen molar-refractivity contribution in [2.45, 2.75) is 31.2 Å². The van der Waals surface area contributed by atoms with E-state index < -0.39 is 16.1 Å². The molecular weight excluding hydrogens is 290 g/mol. The van der Waals surface area contributed by atoms with Gasteiger partial charge >= 0.3 is 0 Å². The lowest BCUT2D eigenvalue weighted by Crippen LogP contribution is -2.29. The zero-order chi connectivity index (χ0) is 15.5. The Bertz CT molecular complexity index is 706. The zero-order valence-electron chi connectivity index (χ0n) is 11.8. The third-order valence-electron chi connectivity index (χ3n) is 3.13. The van der Waals surface area contributed by atoms with E-state index in [4.69, 9.17) is 0 Å². The molecule has 0 saturated carbocycles. The van der Waals surface area contributed by atoms with Crippen LogP contribution < -0.4 is 4.72 Å². The van der Waals surface area contributed by atoms with Crippen molar-refractivity contribution in [2.75, 3.05) is 0 Å². The first kappa shape index (κ1) is 15.4. The van der Waals surface area contributed by atoms with Crippen LogP contribution in [0, 0.1) is 0 Å². The van der Waals surface area contributed by atoms with Gasteiger partial charge in [0, 0.05) is 18.0 Å². The highest BCUT2D eigenvalue weighted by atomic mass is 32.2. The van der Waals surface area contributed by atoms with Crippen molar-refractivity contribution in [1.82, 2.24) is 14.7 Å². The third kappa shape index (κ3) is 3.56. The fraction of sp³-hybridized carbons (Fsp3) is 0.286. The zero-order valence-corrected chi connectivity index (χ0v) is 12.6. The van der Waals surface area contributed by atoms with Crippen molar-refractivity contribution in [3.8, 4) is 0 Å². The summed E-state index contributed by atoms with van der Waals surface area (Å²) in [6.45, 7) is 3.31. The van der Waals surface area contributed by atoms with Gasteiger partial charge in [0.1, 0.15) is 5.82 Å². The predicted octanol–water partition coefficient (Wildman–Crippen LogP) is 2.04. The highest BCUT2D eigenvalue weighted by molar-refractivity contribution is 7.89. The first-order valence-corrected chi connectivity index (χ1v) is 8.05. The maximum atomic E-state index is 12.3. The number of rotatable bonds is 6. The van der Waals surface area contributed by atoms with Crippen LogP contribution in [0.25, 0.3) is 0 Å². The average Bonchev–Trinajstić information content (AvgIpc) is 2.99. The van der Waals surface area contributed by atoms with Crippen molar-refractivity contribution in [3.05, 3.63) is 48.0 Å². The molecule has 0 aliphatic heterocycles. The largest absolute Gasteiger partial charge is 0.347 e. The van der Waals surface area contributed by atoms with Gasteiger partial charge in [-0.3, -0.25) is 4.79 Å². The Morgan fingerprint density at radius 3 is 2.48 bits per heavy atom. The summed E-state index contributed by atoms with van der Waals surface area (Å²) >= 11 is 0. The van der Waals surface area contributed by atoms with Crippen LogP contribution in [0.15, 0.2) is 41.6 Å². The second kappa shape index (κ2) is 6.19. The number of hydrogen-bond acceptors (Lipinski definition) is 4. The molecule has 0 radical (unpaired) electrons. The number of imidazole rings is 1. The van der Waals surface area contributed by atoms with Crippen LogP contribution in [0.4, 0.5) is 0 Å². The molecule has 0 fully saturated rings. The molecule has 2 rings (SSSR count). The van der Waals surface area contributed by atoms with Gasteiger partial charge in [-0.2, -0.15) is 0 Å². The number of aromatic amines is 1. The molecule has 21 heavy (non-hydrogen) atoms. The lowest BCUT2D eigenvalue weighted by molar-refractivity contribution is 0.101. The Labute approximate surface area is 123 Å². The van der Waals surface area contributed by atoms with E-state index in [0.29, 0.717) is 17.8 Å². The van der Waals surface area contributed by atoms with Crippen LogP contribution in [0.5, 0.6) is 0 Å². The average molecular weight is 307 g/mol. The second-order valence-electron chi connectivity index (χ2n) is 4.64. The number of benzene rings is 1. The number of Topliss-reactive ketones (excluding diaryl/α,β-unsaturated/α-hetero) is 1. The number of aromatic nitrogens is 2. The van der Waals surface area contributed by atoms with Crippen LogP contribution in [0.2, 0.25) is 0 Å².